The molecule has 0 aliphatic carbocycles. The van der Waals surface area contributed by atoms with Gasteiger partial charge in [0.15, 0.2) is 0 Å². The molecule has 1 N–H and O–H groups in total. The zero-order valence-electron chi connectivity index (χ0n) is 17.4. The highest BCUT2D eigenvalue weighted by Crippen LogP contribution is 2.22. The van der Waals surface area contributed by atoms with Gasteiger partial charge in [-0.3, -0.25) is 14.5 Å². The van der Waals surface area contributed by atoms with Gasteiger partial charge in [0.05, 0.1) is 13.1 Å². The van der Waals surface area contributed by atoms with E-state index in [9.17, 15) is 9.59 Å². The first-order valence-electron chi connectivity index (χ1n) is 10.0. The number of aryl methyl sites for hydroxylation is 2. The van der Waals surface area contributed by atoms with Gasteiger partial charge in [0.2, 0.25) is 11.8 Å². The third-order valence-electron chi connectivity index (χ3n) is 5.27. The minimum absolute atomic E-state index is 0.0516. The number of para-hydroxylation sites is 1. The summed E-state index contributed by atoms with van der Waals surface area (Å²) in [4.78, 5) is 28.6. The van der Waals surface area contributed by atoms with Crippen molar-refractivity contribution in [3.05, 3.63) is 71.3 Å². The van der Waals surface area contributed by atoms with E-state index in [1.165, 1.54) is 11.1 Å². The van der Waals surface area contributed by atoms with E-state index >= 15 is 0 Å². The molecule has 3 rings (SSSR count). The second-order valence-electron chi connectivity index (χ2n) is 7.67. The maximum absolute atomic E-state index is 12.6. The zero-order chi connectivity index (χ0) is 20.8. The smallest absolute Gasteiger partial charge is 0.238 e. The first kappa shape index (κ1) is 20.8. The van der Waals surface area contributed by atoms with Gasteiger partial charge in [-0.15, -0.1) is 0 Å². The Morgan fingerprint density at radius 2 is 1.69 bits per heavy atom. The van der Waals surface area contributed by atoms with Crippen LogP contribution < -0.4 is 5.32 Å². The molecule has 0 saturated heterocycles. The van der Waals surface area contributed by atoms with Gasteiger partial charge in [0.25, 0.3) is 0 Å². The number of carbonyl (C=O) groups is 2. The highest BCUT2D eigenvalue weighted by atomic mass is 16.2. The van der Waals surface area contributed by atoms with Crippen LogP contribution in [0, 0.1) is 13.8 Å². The highest BCUT2D eigenvalue weighted by molar-refractivity contribution is 5.94. The highest BCUT2D eigenvalue weighted by Gasteiger charge is 2.20. The summed E-state index contributed by atoms with van der Waals surface area (Å²) in [6, 6.07) is 16.2. The summed E-state index contributed by atoms with van der Waals surface area (Å²) in [7, 11) is 1.80. The van der Waals surface area contributed by atoms with Crippen molar-refractivity contribution in [2.45, 2.75) is 20.3 Å². The monoisotopic (exact) mass is 391 g/mol. The molecular formula is C24H29N3O2. The molecule has 2 amide bonds. The van der Waals surface area contributed by atoms with Crippen molar-refractivity contribution in [1.29, 1.82) is 0 Å². The molecular weight excluding hydrogens is 362 g/mol. The van der Waals surface area contributed by atoms with E-state index < -0.39 is 0 Å². The molecule has 0 bridgehead atoms. The Labute approximate surface area is 173 Å². The van der Waals surface area contributed by atoms with Crippen LogP contribution in [0.4, 0.5) is 5.69 Å². The van der Waals surface area contributed by atoms with Crippen LogP contribution in [0.1, 0.15) is 23.1 Å². The number of nitrogens with zero attached hydrogens (tertiary/aromatic N) is 2. The standard InChI is InChI=1S/C24H29N3O2/c1-18-8-7-9-19(2)24(18)25-22(28)16-26(3)17-23(29)27-14-12-21(13-15-27)20-10-5-4-6-11-20/h4-12H,13-17H2,1-3H3,(H,25,28). The van der Waals surface area contributed by atoms with Gasteiger partial charge in [-0.25, -0.2) is 0 Å². The summed E-state index contributed by atoms with van der Waals surface area (Å²) >= 11 is 0. The Hall–Kier alpha value is -2.92. The number of anilines is 1. The lowest BCUT2D eigenvalue weighted by atomic mass is 9.99. The molecule has 0 saturated carbocycles. The summed E-state index contributed by atoms with van der Waals surface area (Å²) in [6.45, 7) is 5.69. The van der Waals surface area contributed by atoms with Crippen molar-refractivity contribution in [2.75, 3.05) is 38.5 Å². The van der Waals surface area contributed by atoms with E-state index in [1.54, 1.807) is 11.9 Å². The number of benzene rings is 2. The molecule has 152 valence electrons. The van der Waals surface area contributed by atoms with Gasteiger partial charge >= 0.3 is 0 Å². The second kappa shape index (κ2) is 9.52. The number of rotatable bonds is 6. The van der Waals surface area contributed by atoms with Crippen molar-refractivity contribution in [3.8, 4) is 0 Å². The van der Waals surface area contributed by atoms with E-state index in [2.05, 4.69) is 23.5 Å². The average Bonchev–Trinajstić information content (AvgIpc) is 2.71. The molecule has 2 aromatic rings. The third-order valence-corrected chi connectivity index (χ3v) is 5.27. The quantitative estimate of drug-likeness (QED) is 0.820. The van der Waals surface area contributed by atoms with Gasteiger partial charge in [-0.05, 0) is 49.6 Å². The molecule has 0 radical (unpaired) electrons. The van der Waals surface area contributed by atoms with E-state index in [-0.39, 0.29) is 24.9 Å². The Morgan fingerprint density at radius 1 is 1.00 bits per heavy atom. The lowest BCUT2D eigenvalue weighted by molar-refractivity contribution is -0.132. The number of carbonyl (C=O) groups excluding carboxylic acids is 2. The fourth-order valence-corrected chi connectivity index (χ4v) is 3.63. The fourth-order valence-electron chi connectivity index (χ4n) is 3.63. The number of nitrogens with one attached hydrogen (secondary N) is 1. The molecule has 0 fully saturated rings. The molecule has 5 nitrogen and oxygen atoms in total. The van der Waals surface area contributed by atoms with Crippen LogP contribution in [0.2, 0.25) is 0 Å². The number of hydrogen-bond donors (Lipinski definition) is 1. The van der Waals surface area contributed by atoms with Crippen LogP contribution in [0.25, 0.3) is 5.57 Å². The minimum Gasteiger partial charge on any atom is -0.338 e. The van der Waals surface area contributed by atoms with Crippen LogP contribution in [0.15, 0.2) is 54.6 Å². The predicted molar refractivity (Wildman–Crippen MR) is 118 cm³/mol. The van der Waals surface area contributed by atoms with Crippen molar-refractivity contribution >= 4 is 23.1 Å². The third kappa shape index (κ3) is 5.55. The summed E-state index contributed by atoms with van der Waals surface area (Å²) in [5.41, 5.74) is 5.43. The Morgan fingerprint density at radius 3 is 2.31 bits per heavy atom. The largest absolute Gasteiger partial charge is 0.338 e. The maximum atomic E-state index is 12.6. The van der Waals surface area contributed by atoms with Gasteiger partial charge in [-0.2, -0.15) is 0 Å². The van der Waals surface area contributed by atoms with Crippen molar-refractivity contribution in [3.63, 3.8) is 0 Å². The maximum Gasteiger partial charge on any atom is 0.238 e. The normalized spacial score (nSPS) is 13.9. The fraction of sp³-hybridized carbons (Fsp3) is 0.333. The molecule has 1 heterocycles. The molecule has 29 heavy (non-hydrogen) atoms. The van der Waals surface area contributed by atoms with Crippen molar-refractivity contribution in [2.24, 2.45) is 0 Å². The lowest BCUT2D eigenvalue weighted by Crippen LogP contribution is -2.43. The van der Waals surface area contributed by atoms with Crippen molar-refractivity contribution < 1.29 is 9.59 Å². The molecule has 0 aromatic heterocycles. The Balaban J connectivity index is 1.49. The Kier molecular flexibility index (Phi) is 6.83. The van der Waals surface area contributed by atoms with E-state index in [0.29, 0.717) is 13.1 Å². The molecule has 1 aliphatic rings. The van der Waals surface area contributed by atoms with Crippen molar-refractivity contribution in [1.82, 2.24) is 9.80 Å². The second-order valence-corrected chi connectivity index (χ2v) is 7.67. The molecule has 1 aliphatic heterocycles. The van der Waals surface area contributed by atoms with E-state index in [0.717, 1.165) is 23.2 Å². The van der Waals surface area contributed by atoms with Gasteiger partial charge in [0, 0.05) is 18.8 Å². The van der Waals surface area contributed by atoms with E-state index in [1.807, 2.05) is 55.1 Å². The number of amides is 2. The number of hydrogen-bond acceptors (Lipinski definition) is 3. The Bertz CT molecular complexity index is 885. The summed E-state index contributed by atoms with van der Waals surface area (Å²) < 4.78 is 0. The average molecular weight is 392 g/mol. The predicted octanol–water partition coefficient (Wildman–Crippen LogP) is 3.49. The van der Waals surface area contributed by atoms with E-state index in [4.69, 9.17) is 0 Å². The molecule has 0 unspecified atom stereocenters. The van der Waals surface area contributed by atoms with Gasteiger partial charge in [0.1, 0.15) is 0 Å². The van der Waals surface area contributed by atoms with Gasteiger partial charge < -0.3 is 10.2 Å². The van der Waals surface area contributed by atoms with Crippen LogP contribution in [0.5, 0.6) is 0 Å². The summed E-state index contributed by atoms with van der Waals surface area (Å²) in [6.07, 6.45) is 2.98. The topological polar surface area (TPSA) is 52.7 Å². The molecule has 2 aromatic carbocycles. The van der Waals surface area contributed by atoms with Gasteiger partial charge in [-0.1, -0.05) is 54.6 Å². The summed E-state index contributed by atoms with van der Waals surface area (Å²) in [5.74, 6) is -0.0571. The van der Waals surface area contributed by atoms with Crippen LogP contribution >= 0.6 is 0 Å². The summed E-state index contributed by atoms with van der Waals surface area (Å²) in [5, 5.41) is 2.97. The minimum atomic E-state index is -0.109. The first-order valence-corrected chi connectivity index (χ1v) is 10.0. The molecule has 5 heteroatoms. The first-order chi connectivity index (χ1) is 13.9. The van der Waals surface area contributed by atoms with Crippen LogP contribution in [-0.2, 0) is 9.59 Å². The van der Waals surface area contributed by atoms with Crippen LogP contribution in [-0.4, -0.2) is 54.8 Å². The lowest BCUT2D eigenvalue weighted by Gasteiger charge is -2.28. The molecule has 0 spiro atoms. The zero-order valence-corrected chi connectivity index (χ0v) is 17.4. The number of likely N-dealkylation sites (N-methyl/N-ethyl adjacent to an activating group) is 1. The SMILES string of the molecule is Cc1cccc(C)c1NC(=O)CN(C)CC(=O)N1CC=C(c2ccccc2)CC1. The van der Waals surface area contributed by atoms with Crippen LogP contribution in [0.3, 0.4) is 0 Å². The molecule has 0 atom stereocenters.